The van der Waals surface area contributed by atoms with Crippen LogP contribution in [-0.2, 0) is 31.2 Å². The molecule has 6 heteroatoms. The number of amides is 1. The first-order valence-corrected chi connectivity index (χ1v) is 7.15. The van der Waals surface area contributed by atoms with Crippen molar-refractivity contribution in [1.82, 2.24) is 25.4 Å². The smallest absolute Gasteiger partial charge is 0.237 e. The van der Waals surface area contributed by atoms with Crippen molar-refractivity contribution in [3.8, 4) is 0 Å². The van der Waals surface area contributed by atoms with Gasteiger partial charge in [-0.05, 0) is 17.5 Å². The molecule has 6 nitrogen and oxygen atoms in total. The monoisotopic (exact) mass is 285 g/mol. The Morgan fingerprint density at radius 3 is 3.00 bits per heavy atom. The molecular weight excluding hydrogens is 266 g/mol. The average molecular weight is 285 g/mol. The number of carbonyl (C=O) groups excluding carboxylic acids is 1. The first kappa shape index (κ1) is 13.8. The minimum absolute atomic E-state index is 0.0421. The van der Waals surface area contributed by atoms with E-state index in [0.29, 0.717) is 13.0 Å². The van der Waals surface area contributed by atoms with Crippen LogP contribution in [0.3, 0.4) is 0 Å². The van der Waals surface area contributed by atoms with Gasteiger partial charge in [-0.1, -0.05) is 24.3 Å². The highest BCUT2D eigenvalue weighted by molar-refractivity contribution is 5.82. The lowest BCUT2D eigenvalue weighted by Gasteiger charge is -2.25. The van der Waals surface area contributed by atoms with Crippen LogP contribution in [0, 0.1) is 0 Å². The van der Waals surface area contributed by atoms with Gasteiger partial charge in [-0.15, -0.1) is 0 Å². The minimum atomic E-state index is -0.156. The van der Waals surface area contributed by atoms with E-state index in [2.05, 4.69) is 32.8 Å². The van der Waals surface area contributed by atoms with Crippen LogP contribution in [0.25, 0.3) is 0 Å². The second-order valence-corrected chi connectivity index (χ2v) is 5.28. The lowest BCUT2D eigenvalue weighted by molar-refractivity contribution is -0.123. The number of aryl methyl sites for hydroxylation is 1. The molecule has 110 valence electrons. The van der Waals surface area contributed by atoms with Crippen LogP contribution < -0.4 is 10.6 Å². The van der Waals surface area contributed by atoms with E-state index in [4.69, 9.17) is 0 Å². The van der Waals surface area contributed by atoms with Crippen molar-refractivity contribution >= 4 is 5.91 Å². The molecule has 1 amide bonds. The predicted octanol–water partition coefficient (Wildman–Crippen LogP) is 0.188. The van der Waals surface area contributed by atoms with Gasteiger partial charge in [0.15, 0.2) is 5.82 Å². The van der Waals surface area contributed by atoms with Crippen molar-refractivity contribution in [2.24, 2.45) is 7.05 Å². The molecule has 1 aliphatic heterocycles. The van der Waals surface area contributed by atoms with Gasteiger partial charge < -0.3 is 10.6 Å². The Labute approximate surface area is 123 Å². The number of benzene rings is 1. The summed E-state index contributed by atoms with van der Waals surface area (Å²) in [5.74, 6) is 0.792. The average Bonchev–Trinajstić information content (AvgIpc) is 2.92. The van der Waals surface area contributed by atoms with Gasteiger partial charge in [0.1, 0.15) is 6.33 Å². The van der Waals surface area contributed by atoms with E-state index in [-0.39, 0.29) is 11.9 Å². The zero-order valence-electron chi connectivity index (χ0n) is 12.0. The Morgan fingerprint density at radius 2 is 2.24 bits per heavy atom. The largest absolute Gasteiger partial charge is 0.354 e. The van der Waals surface area contributed by atoms with Crippen molar-refractivity contribution in [2.45, 2.75) is 25.4 Å². The molecule has 0 saturated heterocycles. The molecule has 1 atom stereocenters. The van der Waals surface area contributed by atoms with Gasteiger partial charge in [-0.3, -0.25) is 9.48 Å². The number of hydrogen-bond donors (Lipinski definition) is 2. The Morgan fingerprint density at radius 1 is 1.43 bits per heavy atom. The third-order valence-corrected chi connectivity index (χ3v) is 3.69. The fourth-order valence-corrected chi connectivity index (χ4v) is 2.56. The Kier molecular flexibility index (Phi) is 3.96. The SMILES string of the molecule is Cn1cnc(CCNC(=O)[C@H]2Cc3ccccc3CN2)n1. The molecule has 1 aromatic carbocycles. The summed E-state index contributed by atoms with van der Waals surface area (Å²) in [7, 11) is 1.83. The van der Waals surface area contributed by atoms with Gasteiger partial charge in [0.25, 0.3) is 0 Å². The second kappa shape index (κ2) is 6.05. The summed E-state index contributed by atoms with van der Waals surface area (Å²) in [6, 6.07) is 8.08. The fourth-order valence-electron chi connectivity index (χ4n) is 2.56. The summed E-state index contributed by atoms with van der Waals surface area (Å²) in [6.07, 6.45) is 3.05. The minimum Gasteiger partial charge on any atom is -0.354 e. The molecule has 1 aliphatic rings. The van der Waals surface area contributed by atoms with E-state index in [9.17, 15) is 4.79 Å². The van der Waals surface area contributed by atoms with E-state index in [1.165, 1.54) is 11.1 Å². The van der Waals surface area contributed by atoms with Crippen LogP contribution in [0.1, 0.15) is 17.0 Å². The van der Waals surface area contributed by atoms with Crippen LogP contribution in [0.2, 0.25) is 0 Å². The molecule has 0 unspecified atom stereocenters. The number of hydrogen-bond acceptors (Lipinski definition) is 4. The first-order chi connectivity index (χ1) is 10.2. The summed E-state index contributed by atoms with van der Waals surface area (Å²) in [6.45, 7) is 1.30. The van der Waals surface area contributed by atoms with Gasteiger partial charge in [0.2, 0.25) is 5.91 Å². The van der Waals surface area contributed by atoms with E-state index < -0.39 is 0 Å². The Bertz CT molecular complexity index is 636. The van der Waals surface area contributed by atoms with Crippen LogP contribution in [-0.4, -0.2) is 33.3 Å². The molecule has 0 radical (unpaired) electrons. The summed E-state index contributed by atoms with van der Waals surface area (Å²) in [5.41, 5.74) is 2.53. The van der Waals surface area contributed by atoms with Crippen molar-refractivity contribution in [3.05, 3.63) is 47.5 Å². The van der Waals surface area contributed by atoms with E-state index >= 15 is 0 Å². The van der Waals surface area contributed by atoms with Crippen molar-refractivity contribution in [2.75, 3.05) is 6.54 Å². The molecule has 0 saturated carbocycles. The Balaban J connectivity index is 1.50. The summed E-state index contributed by atoms with van der Waals surface area (Å²) >= 11 is 0. The first-order valence-electron chi connectivity index (χ1n) is 7.15. The number of carbonyl (C=O) groups is 1. The topological polar surface area (TPSA) is 71.8 Å². The van der Waals surface area contributed by atoms with E-state index in [1.807, 2.05) is 19.2 Å². The van der Waals surface area contributed by atoms with Gasteiger partial charge in [0.05, 0.1) is 6.04 Å². The number of nitrogens with zero attached hydrogens (tertiary/aromatic N) is 3. The molecule has 2 N–H and O–H groups in total. The normalized spacial score (nSPS) is 17.3. The van der Waals surface area contributed by atoms with Crippen LogP contribution in [0.15, 0.2) is 30.6 Å². The molecular formula is C15H19N5O. The standard InChI is InChI=1S/C15H19N5O/c1-20-10-18-14(19-20)6-7-16-15(21)13-8-11-4-2-3-5-12(11)9-17-13/h2-5,10,13,17H,6-9H2,1H3,(H,16,21)/t13-/m1/s1. The van der Waals surface area contributed by atoms with Gasteiger partial charge in [-0.25, -0.2) is 4.98 Å². The summed E-state index contributed by atoms with van der Waals surface area (Å²) < 4.78 is 1.66. The highest BCUT2D eigenvalue weighted by Gasteiger charge is 2.23. The maximum atomic E-state index is 12.2. The zero-order chi connectivity index (χ0) is 14.7. The highest BCUT2D eigenvalue weighted by atomic mass is 16.2. The van der Waals surface area contributed by atoms with E-state index in [1.54, 1.807) is 11.0 Å². The van der Waals surface area contributed by atoms with Crippen molar-refractivity contribution in [1.29, 1.82) is 0 Å². The van der Waals surface area contributed by atoms with Crippen LogP contribution >= 0.6 is 0 Å². The molecule has 3 rings (SSSR count). The van der Waals surface area contributed by atoms with Crippen LogP contribution in [0.5, 0.6) is 0 Å². The third kappa shape index (κ3) is 3.28. The highest BCUT2D eigenvalue weighted by Crippen LogP contribution is 2.16. The van der Waals surface area contributed by atoms with E-state index in [0.717, 1.165) is 18.8 Å². The summed E-state index contributed by atoms with van der Waals surface area (Å²) in [5, 5.41) is 10.4. The molecule has 0 bridgehead atoms. The quantitative estimate of drug-likeness (QED) is 0.841. The molecule has 2 aromatic rings. The Hall–Kier alpha value is -2.21. The lowest BCUT2D eigenvalue weighted by atomic mass is 9.95. The van der Waals surface area contributed by atoms with Gasteiger partial charge in [0, 0.05) is 26.6 Å². The van der Waals surface area contributed by atoms with Crippen LogP contribution in [0.4, 0.5) is 0 Å². The van der Waals surface area contributed by atoms with Crippen molar-refractivity contribution < 1.29 is 4.79 Å². The number of rotatable bonds is 4. The molecule has 0 spiro atoms. The van der Waals surface area contributed by atoms with Crippen molar-refractivity contribution in [3.63, 3.8) is 0 Å². The maximum Gasteiger partial charge on any atom is 0.237 e. The molecule has 2 heterocycles. The summed E-state index contributed by atoms with van der Waals surface area (Å²) in [4.78, 5) is 16.3. The molecule has 0 aliphatic carbocycles. The predicted molar refractivity (Wildman–Crippen MR) is 78.5 cm³/mol. The van der Waals surface area contributed by atoms with Gasteiger partial charge >= 0.3 is 0 Å². The van der Waals surface area contributed by atoms with Gasteiger partial charge in [-0.2, -0.15) is 5.10 Å². The lowest BCUT2D eigenvalue weighted by Crippen LogP contribution is -2.48. The third-order valence-electron chi connectivity index (χ3n) is 3.69. The molecule has 0 fully saturated rings. The molecule has 1 aromatic heterocycles. The number of aromatic nitrogens is 3. The number of nitrogens with one attached hydrogen (secondary N) is 2. The fraction of sp³-hybridized carbons (Fsp3) is 0.400. The number of fused-ring (bicyclic) bond motifs is 1. The molecule has 21 heavy (non-hydrogen) atoms. The second-order valence-electron chi connectivity index (χ2n) is 5.28. The zero-order valence-corrected chi connectivity index (χ0v) is 12.0. The maximum absolute atomic E-state index is 12.2.